The van der Waals surface area contributed by atoms with Gasteiger partial charge in [-0.25, -0.2) is 14.4 Å². The number of hydrogen-bond acceptors (Lipinski definition) is 4. The highest BCUT2D eigenvalue weighted by atomic mass is 19.1. The normalized spacial score (nSPS) is 9.94. The van der Waals surface area contributed by atoms with Gasteiger partial charge in [0.05, 0.1) is 11.8 Å². The molecule has 2 aromatic heterocycles. The molecule has 0 bridgehead atoms. The third-order valence-corrected chi connectivity index (χ3v) is 2.02. The second kappa shape index (κ2) is 4.56. The zero-order valence-corrected chi connectivity index (χ0v) is 8.72. The van der Waals surface area contributed by atoms with Gasteiger partial charge < -0.3 is 11.1 Å². The summed E-state index contributed by atoms with van der Waals surface area (Å²) in [5.41, 5.74) is 5.75. The largest absolute Gasteiger partial charge is 0.384 e. The number of halogens is 1. The molecule has 0 atom stereocenters. The minimum absolute atomic E-state index is 0.272. The highest BCUT2D eigenvalue weighted by Gasteiger charge is 2.06. The Morgan fingerprint density at radius 3 is 2.59 bits per heavy atom. The molecule has 2 heterocycles. The number of nitrogen functional groups attached to an aromatic ring is 1. The predicted molar refractivity (Wildman–Crippen MR) is 60.8 cm³/mol. The van der Waals surface area contributed by atoms with E-state index in [1.807, 2.05) is 0 Å². The van der Waals surface area contributed by atoms with Gasteiger partial charge in [0.2, 0.25) is 0 Å². The highest BCUT2D eigenvalue weighted by molar-refractivity contribution is 6.03. The molecule has 0 radical (unpaired) electrons. The van der Waals surface area contributed by atoms with Crippen molar-refractivity contribution in [3.05, 3.63) is 48.0 Å². The van der Waals surface area contributed by atoms with E-state index in [-0.39, 0.29) is 11.7 Å². The fourth-order valence-electron chi connectivity index (χ4n) is 1.18. The number of nitrogens with one attached hydrogen (secondary N) is 1. The molecule has 0 aromatic carbocycles. The lowest BCUT2D eigenvalue weighted by Gasteiger charge is -2.03. The number of hydrogen-bond donors (Lipinski definition) is 2. The molecule has 0 spiro atoms. The smallest absolute Gasteiger partial charge is 0.258 e. The number of rotatable bonds is 2. The molecule has 3 N–H and O–H groups in total. The van der Waals surface area contributed by atoms with E-state index in [0.29, 0.717) is 11.4 Å². The maximum Gasteiger partial charge on any atom is 0.258 e. The third kappa shape index (κ3) is 2.75. The zero-order chi connectivity index (χ0) is 12.3. The summed E-state index contributed by atoms with van der Waals surface area (Å²) < 4.78 is 12.6. The van der Waals surface area contributed by atoms with Crippen molar-refractivity contribution in [1.29, 1.82) is 0 Å². The Balaban J connectivity index is 2.11. The first-order chi connectivity index (χ1) is 8.15. The van der Waals surface area contributed by atoms with Gasteiger partial charge in [-0.05, 0) is 24.3 Å². The van der Waals surface area contributed by atoms with Crippen LogP contribution in [-0.4, -0.2) is 15.9 Å². The monoisotopic (exact) mass is 232 g/mol. The van der Waals surface area contributed by atoms with Crippen LogP contribution in [0.1, 0.15) is 10.4 Å². The van der Waals surface area contributed by atoms with Gasteiger partial charge in [-0.1, -0.05) is 0 Å². The highest BCUT2D eigenvalue weighted by Crippen LogP contribution is 2.07. The van der Waals surface area contributed by atoms with Crippen LogP contribution >= 0.6 is 0 Å². The summed E-state index contributed by atoms with van der Waals surface area (Å²) >= 11 is 0. The van der Waals surface area contributed by atoms with E-state index in [9.17, 15) is 9.18 Å². The quantitative estimate of drug-likeness (QED) is 0.821. The Morgan fingerprint density at radius 2 is 2.00 bits per heavy atom. The average Bonchev–Trinajstić information content (AvgIpc) is 2.33. The van der Waals surface area contributed by atoms with Crippen LogP contribution in [0.5, 0.6) is 0 Å². The topological polar surface area (TPSA) is 80.9 Å². The molecule has 0 aliphatic carbocycles. The van der Waals surface area contributed by atoms with Crippen molar-refractivity contribution in [3.8, 4) is 0 Å². The van der Waals surface area contributed by atoms with E-state index in [2.05, 4.69) is 15.3 Å². The standard InChI is InChI=1S/C11H9FN4O/c12-8-2-4-10(15-6-8)16-11(17)7-1-3-9(13)14-5-7/h1-6H,(H2,13,14)(H,15,16,17). The van der Waals surface area contributed by atoms with E-state index < -0.39 is 5.82 Å². The summed E-state index contributed by atoms with van der Waals surface area (Å²) in [5.74, 6) is -0.233. The van der Waals surface area contributed by atoms with Crippen LogP contribution in [0.25, 0.3) is 0 Å². The SMILES string of the molecule is Nc1ccc(C(=O)Nc2ccc(F)cn2)cn1. The molecule has 0 saturated heterocycles. The minimum Gasteiger partial charge on any atom is -0.384 e. The van der Waals surface area contributed by atoms with E-state index >= 15 is 0 Å². The lowest BCUT2D eigenvalue weighted by atomic mass is 10.2. The molecule has 1 amide bonds. The fourth-order valence-corrected chi connectivity index (χ4v) is 1.18. The molecule has 5 nitrogen and oxygen atoms in total. The molecule has 2 aromatic rings. The Kier molecular flexibility index (Phi) is 2.95. The van der Waals surface area contributed by atoms with Crippen molar-refractivity contribution in [3.63, 3.8) is 0 Å². The molecule has 0 aliphatic rings. The predicted octanol–water partition coefficient (Wildman–Crippen LogP) is 1.45. The number of nitrogens with two attached hydrogens (primary N) is 1. The summed E-state index contributed by atoms with van der Waals surface area (Å²) in [6, 6.07) is 5.65. The molecular weight excluding hydrogens is 223 g/mol. The van der Waals surface area contributed by atoms with Crippen LogP contribution in [0.3, 0.4) is 0 Å². The summed E-state index contributed by atoms with van der Waals surface area (Å²) in [6.45, 7) is 0. The number of anilines is 2. The number of aromatic nitrogens is 2. The van der Waals surface area contributed by atoms with E-state index in [1.165, 1.54) is 24.4 Å². The molecule has 17 heavy (non-hydrogen) atoms. The van der Waals surface area contributed by atoms with Crippen molar-refractivity contribution in [2.75, 3.05) is 11.1 Å². The minimum atomic E-state index is -0.461. The van der Waals surface area contributed by atoms with Crippen LogP contribution in [0.2, 0.25) is 0 Å². The Bertz CT molecular complexity index is 524. The number of pyridine rings is 2. The van der Waals surface area contributed by atoms with E-state index in [1.54, 1.807) is 6.07 Å². The van der Waals surface area contributed by atoms with Gasteiger partial charge >= 0.3 is 0 Å². The fraction of sp³-hybridized carbons (Fsp3) is 0. The number of carbonyl (C=O) groups excluding carboxylic acids is 1. The Hall–Kier alpha value is -2.50. The van der Waals surface area contributed by atoms with Crippen LogP contribution < -0.4 is 11.1 Å². The Labute approximate surface area is 96.5 Å². The molecule has 0 unspecified atom stereocenters. The summed E-state index contributed by atoms with van der Waals surface area (Å²) in [7, 11) is 0. The van der Waals surface area contributed by atoms with E-state index in [4.69, 9.17) is 5.73 Å². The number of amides is 1. The average molecular weight is 232 g/mol. The Morgan fingerprint density at radius 1 is 1.18 bits per heavy atom. The second-order valence-corrected chi connectivity index (χ2v) is 3.29. The molecule has 0 fully saturated rings. The maximum atomic E-state index is 12.6. The van der Waals surface area contributed by atoms with Crippen LogP contribution in [0, 0.1) is 5.82 Å². The van der Waals surface area contributed by atoms with Gasteiger partial charge in [0.25, 0.3) is 5.91 Å². The van der Waals surface area contributed by atoms with Crippen molar-refractivity contribution in [2.45, 2.75) is 0 Å². The van der Waals surface area contributed by atoms with Crippen molar-refractivity contribution in [1.82, 2.24) is 9.97 Å². The van der Waals surface area contributed by atoms with Gasteiger partial charge in [0.15, 0.2) is 0 Å². The first-order valence-corrected chi connectivity index (χ1v) is 4.79. The van der Waals surface area contributed by atoms with Gasteiger partial charge in [-0.3, -0.25) is 4.79 Å². The maximum absolute atomic E-state index is 12.6. The molecule has 86 valence electrons. The van der Waals surface area contributed by atoms with Crippen molar-refractivity contribution >= 4 is 17.5 Å². The van der Waals surface area contributed by atoms with E-state index in [0.717, 1.165) is 6.20 Å². The lowest BCUT2D eigenvalue weighted by Crippen LogP contribution is -2.13. The molecular formula is C11H9FN4O. The lowest BCUT2D eigenvalue weighted by molar-refractivity contribution is 0.102. The van der Waals surface area contributed by atoms with Gasteiger partial charge in [0.1, 0.15) is 17.5 Å². The number of nitrogens with zero attached hydrogens (tertiary/aromatic N) is 2. The summed E-state index contributed by atoms with van der Waals surface area (Å²) in [4.78, 5) is 19.2. The van der Waals surface area contributed by atoms with Gasteiger partial charge in [-0.15, -0.1) is 0 Å². The molecule has 2 rings (SSSR count). The number of carbonyl (C=O) groups is 1. The zero-order valence-electron chi connectivity index (χ0n) is 8.72. The van der Waals surface area contributed by atoms with Gasteiger partial charge in [0, 0.05) is 6.20 Å². The third-order valence-electron chi connectivity index (χ3n) is 2.02. The summed E-state index contributed by atoms with van der Waals surface area (Å²) in [5, 5.41) is 2.51. The molecule has 6 heteroatoms. The van der Waals surface area contributed by atoms with Crippen molar-refractivity contribution < 1.29 is 9.18 Å². The van der Waals surface area contributed by atoms with Crippen LogP contribution in [0.4, 0.5) is 16.0 Å². The van der Waals surface area contributed by atoms with Crippen LogP contribution in [0.15, 0.2) is 36.7 Å². The summed E-state index contributed by atoms with van der Waals surface area (Å²) in [6.07, 6.45) is 2.38. The first kappa shape index (κ1) is 11.0. The first-order valence-electron chi connectivity index (χ1n) is 4.79. The van der Waals surface area contributed by atoms with Gasteiger partial charge in [-0.2, -0.15) is 0 Å². The molecule has 0 aliphatic heterocycles. The molecule has 0 saturated carbocycles. The van der Waals surface area contributed by atoms with Crippen molar-refractivity contribution in [2.24, 2.45) is 0 Å². The van der Waals surface area contributed by atoms with Crippen LogP contribution in [-0.2, 0) is 0 Å². The second-order valence-electron chi connectivity index (χ2n) is 3.29.